The van der Waals surface area contributed by atoms with Gasteiger partial charge in [0.05, 0.1) is 6.04 Å². The van der Waals surface area contributed by atoms with Gasteiger partial charge in [-0.15, -0.1) is 0 Å². The van der Waals surface area contributed by atoms with Crippen LogP contribution in [0.3, 0.4) is 0 Å². The number of nitrogens with two attached hydrogens (primary N) is 1. The molecule has 1 aliphatic carbocycles. The third-order valence-electron chi connectivity index (χ3n) is 2.99. The summed E-state index contributed by atoms with van der Waals surface area (Å²) in [5.74, 6) is 0.434. The van der Waals surface area contributed by atoms with E-state index in [0.29, 0.717) is 12.3 Å². The average molecular weight is 221 g/mol. The van der Waals surface area contributed by atoms with Gasteiger partial charge in [0, 0.05) is 6.42 Å². The molecule has 0 aliphatic heterocycles. The molecule has 16 heavy (non-hydrogen) atoms. The third-order valence-corrected chi connectivity index (χ3v) is 2.99. The summed E-state index contributed by atoms with van der Waals surface area (Å²) >= 11 is 0. The Morgan fingerprint density at radius 1 is 1.38 bits per heavy atom. The fourth-order valence-electron chi connectivity index (χ4n) is 1.78. The Bertz CT molecular complexity index is 370. The van der Waals surface area contributed by atoms with Gasteiger partial charge in [-0.2, -0.15) is 0 Å². The number of halogens is 1. The molecular weight excluding hydrogens is 205 g/mol. The zero-order valence-electron chi connectivity index (χ0n) is 9.16. The van der Waals surface area contributed by atoms with Crippen LogP contribution in [-0.4, -0.2) is 11.8 Å². The van der Waals surface area contributed by atoms with Crippen LogP contribution in [0.25, 0.3) is 0 Å². The standard InChI is InChI=1S/C13H16FNO/c14-11-5-3-10(4-6-11)8-13(16)12(15)7-9-1-2-9/h3-6,9,12H,1-2,7-8,15H2. The maximum Gasteiger partial charge on any atom is 0.153 e. The number of hydrogen-bond acceptors (Lipinski definition) is 2. The lowest BCUT2D eigenvalue weighted by Crippen LogP contribution is -2.32. The molecule has 1 atom stereocenters. The molecule has 2 rings (SSSR count). The number of benzene rings is 1. The molecule has 86 valence electrons. The van der Waals surface area contributed by atoms with Crippen molar-refractivity contribution in [1.29, 1.82) is 0 Å². The summed E-state index contributed by atoms with van der Waals surface area (Å²) in [6.07, 6.45) is 3.53. The Labute approximate surface area is 94.6 Å². The molecule has 0 aromatic heterocycles. The summed E-state index contributed by atoms with van der Waals surface area (Å²) in [6, 6.07) is 5.66. The Morgan fingerprint density at radius 2 is 2.00 bits per heavy atom. The second-order valence-corrected chi connectivity index (χ2v) is 4.56. The van der Waals surface area contributed by atoms with Crippen molar-refractivity contribution < 1.29 is 9.18 Å². The minimum Gasteiger partial charge on any atom is -0.321 e. The van der Waals surface area contributed by atoms with Crippen molar-refractivity contribution in [3.63, 3.8) is 0 Å². The van der Waals surface area contributed by atoms with Crippen molar-refractivity contribution in [2.45, 2.75) is 31.7 Å². The Morgan fingerprint density at radius 3 is 2.56 bits per heavy atom. The monoisotopic (exact) mass is 221 g/mol. The van der Waals surface area contributed by atoms with E-state index in [4.69, 9.17) is 5.73 Å². The highest BCUT2D eigenvalue weighted by Gasteiger charge is 2.26. The van der Waals surface area contributed by atoms with E-state index >= 15 is 0 Å². The van der Waals surface area contributed by atoms with Gasteiger partial charge in [-0.25, -0.2) is 4.39 Å². The van der Waals surface area contributed by atoms with Gasteiger partial charge in [0.15, 0.2) is 5.78 Å². The maximum atomic E-state index is 12.7. The number of ketones is 1. The predicted octanol–water partition coefficient (Wildman–Crippen LogP) is 2.06. The van der Waals surface area contributed by atoms with Crippen LogP contribution in [0.1, 0.15) is 24.8 Å². The molecule has 2 nitrogen and oxygen atoms in total. The van der Waals surface area contributed by atoms with Crippen molar-refractivity contribution in [1.82, 2.24) is 0 Å². The van der Waals surface area contributed by atoms with Crippen molar-refractivity contribution in [2.75, 3.05) is 0 Å². The van der Waals surface area contributed by atoms with Gasteiger partial charge in [-0.3, -0.25) is 4.79 Å². The van der Waals surface area contributed by atoms with Gasteiger partial charge in [0.1, 0.15) is 5.82 Å². The number of hydrogen-bond donors (Lipinski definition) is 1. The van der Waals surface area contributed by atoms with Crippen LogP contribution < -0.4 is 5.73 Å². The number of carbonyl (C=O) groups is 1. The molecule has 2 N–H and O–H groups in total. The summed E-state index contributed by atoms with van der Waals surface area (Å²) in [7, 11) is 0. The van der Waals surface area contributed by atoms with Gasteiger partial charge in [-0.05, 0) is 30.0 Å². The highest BCUT2D eigenvalue weighted by molar-refractivity contribution is 5.85. The Kier molecular flexibility index (Phi) is 3.34. The van der Waals surface area contributed by atoms with E-state index in [0.717, 1.165) is 12.0 Å². The minimum atomic E-state index is -0.349. The fraction of sp³-hybridized carbons (Fsp3) is 0.462. The lowest BCUT2D eigenvalue weighted by Gasteiger charge is -2.09. The molecule has 1 saturated carbocycles. The van der Waals surface area contributed by atoms with Crippen LogP contribution in [0.4, 0.5) is 4.39 Å². The molecule has 1 fully saturated rings. The van der Waals surface area contributed by atoms with Gasteiger partial charge in [0.2, 0.25) is 0 Å². The van der Waals surface area contributed by atoms with Crippen molar-refractivity contribution >= 4 is 5.78 Å². The normalized spacial score (nSPS) is 17.1. The maximum absolute atomic E-state index is 12.7. The molecule has 0 radical (unpaired) electrons. The van der Waals surface area contributed by atoms with E-state index < -0.39 is 0 Å². The summed E-state index contributed by atoms with van der Waals surface area (Å²) in [5.41, 5.74) is 6.64. The van der Waals surface area contributed by atoms with Crippen LogP contribution in [0, 0.1) is 11.7 Å². The van der Waals surface area contributed by atoms with Crippen molar-refractivity contribution in [3.8, 4) is 0 Å². The van der Waals surface area contributed by atoms with E-state index in [1.54, 1.807) is 12.1 Å². The molecule has 3 heteroatoms. The van der Waals surface area contributed by atoms with Gasteiger partial charge in [0.25, 0.3) is 0 Å². The third kappa shape index (κ3) is 3.14. The van der Waals surface area contributed by atoms with Crippen LogP contribution in [0.5, 0.6) is 0 Å². The Hall–Kier alpha value is -1.22. The first kappa shape index (κ1) is 11.3. The Balaban J connectivity index is 1.87. The van der Waals surface area contributed by atoms with Gasteiger partial charge < -0.3 is 5.73 Å². The van der Waals surface area contributed by atoms with E-state index in [1.165, 1.54) is 25.0 Å². The summed E-state index contributed by atoms with van der Waals surface area (Å²) in [5, 5.41) is 0. The van der Waals surface area contributed by atoms with Crippen molar-refractivity contribution in [3.05, 3.63) is 35.6 Å². The molecule has 0 amide bonds. The van der Waals surface area contributed by atoms with Crippen LogP contribution in [0.15, 0.2) is 24.3 Å². The molecule has 1 aromatic rings. The quantitative estimate of drug-likeness (QED) is 0.827. The second-order valence-electron chi connectivity index (χ2n) is 4.56. The topological polar surface area (TPSA) is 43.1 Å². The molecule has 0 bridgehead atoms. The zero-order valence-corrected chi connectivity index (χ0v) is 9.16. The van der Waals surface area contributed by atoms with E-state index in [-0.39, 0.29) is 17.6 Å². The summed E-state index contributed by atoms with van der Waals surface area (Å²) < 4.78 is 12.7. The highest BCUT2D eigenvalue weighted by Crippen LogP contribution is 2.33. The van der Waals surface area contributed by atoms with Gasteiger partial charge >= 0.3 is 0 Å². The molecule has 1 unspecified atom stereocenters. The smallest absolute Gasteiger partial charge is 0.153 e. The molecule has 0 spiro atoms. The average Bonchev–Trinajstić information content (AvgIpc) is 3.05. The van der Waals surface area contributed by atoms with Crippen LogP contribution in [-0.2, 0) is 11.2 Å². The number of Topliss-reactive ketones (excluding diaryl/α,β-unsaturated/α-hetero) is 1. The van der Waals surface area contributed by atoms with E-state index in [1.807, 2.05) is 0 Å². The molecular formula is C13H16FNO. The van der Waals surface area contributed by atoms with E-state index in [2.05, 4.69) is 0 Å². The molecule has 1 aromatic carbocycles. The zero-order chi connectivity index (χ0) is 11.5. The second kappa shape index (κ2) is 4.74. The first-order valence-electron chi connectivity index (χ1n) is 5.68. The van der Waals surface area contributed by atoms with Crippen LogP contribution >= 0.6 is 0 Å². The fourth-order valence-corrected chi connectivity index (χ4v) is 1.78. The largest absolute Gasteiger partial charge is 0.321 e. The number of rotatable bonds is 5. The van der Waals surface area contributed by atoms with Crippen molar-refractivity contribution in [2.24, 2.45) is 11.7 Å². The SMILES string of the molecule is NC(CC1CC1)C(=O)Cc1ccc(F)cc1. The lowest BCUT2D eigenvalue weighted by atomic mass is 10.0. The predicted molar refractivity (Wildman–Crippen MR) is 60.4 cm³/mol. The van der Waals surface area contributed by atoms with Crippen LogP contribution in [0.2, 0.25) is 0 Å². The first-order chi connectivity index (χ1) is 7.65. The molecule has 1 aliphatic rings. The molecule has 0 heterocycles. The summed E-state index contributed by atoms with van der Waals surface area (Å²) in [4.78, 5) is 11.7. The highest BCUT2D eigenvalue weighted by atomic mass is 19.1. The number of carbonyl (C=O) groups excluding carboxylic acids is 1. The van der Waals surface area contributed by atoms with Gasteiger partial charge in [-0.1, -0.05) is 25.0 Å². The first-order valence-corrected chi connectivity index (χ1v) is 5.68. The lowest BCUT2D eigenvalue weighted by molar-refractivity contribution is -0.119. The summed E-state index contributed by atoms with van der Waals surface area (Å²) in [6.45, 7) is 0. The minimum absolute atomic E-state index is 0.0542. The molecule has 0 saturated heterocycles. The van der Waals surface area contributed by atoms with E-state index in [9.17, 15) is 9.18 Å².